The van der Waals surface area contributed by atoms with Gasteiger partial charge in [0.1, 0.15) is 6.10 Å². The van der Waals surface area contributed by atoms with Crippen LogP contribution in [0.5, 0.6) is 0 Å². The fourth-order valence-electron chi connectivity index (χ4n) is 1.86. The van der Waals surface area contributed by atoms with Crippen LogP contribution in [0.1, 0.15) is 24.8 Å². The molecular formula is C15H22N2O2. The van der Waals surface area contributed by atoms with Crippen LogP contribution in [0.4, 0.5) is 5.69 Å². The maximum Gasteiger partial charge on any atom is 0.144 e. The minimum Gasteiger partial charge on any atom is -0.385 e. The van der Waals surface area contributed by atoms with Gasteiger partial charge in [-0.2, -0.15) is 5.26 Å². The summed E-state index contributed by atoms with van der Waals surface area (Å²) < 4.78 is 5.00. The summed E-state index contributed by atoms with van der Waals surface area (Å²) in [5, 5.41) is 21.2. The van der Waals surface area contributed by atoms with Crippen LogP contribution in [-0.2, 0) is 11.2 Å². The molecule has 0 radical (unpaired) electrons. The van der Waals surface area contributed by atoms with Crippen molar-refractivity contribution < 1.29 is 9.84 Å². The number of anilines is 1. The molecular weight excluding hydrogens is 240 g/mol. The molecule has 4 heteroatoms. The molecule has 4 nitrogen and oxygen atoms in total. The molecule has 0 aliphatic carbocycles. The van der Waals surface area contributed by atoms with Gasteiger partial charge in [0.15, 0.2) is 0 Å². The molecule has 0 saturated carbocycles. The maximum absolute atomic E-state index is 9.31. The smallest absolute Gasteiger partial charge is 0.144 e. The minimum atomic E-state index is -0.927. The molecule has 104 valence electrons. The van der Waals surface area contributed by atoms with Gasteiger partial charge in [0.25, 0.3) is 0 Å². The van der Waals surface area contributed by atoms with Gasteiger partial charge in [-0.3, -0.25) is 0 Å². The summed E-state index contributed by atoms with van der Waals surface area (Å²) in [6.45, 7) is 1.75. The largest absolute Gasteiger partial charge is 0.385 e. The molecule has 0 spiro atoms. The van der Waals surface area contributed by atoms with Crippen molar-refractivity contribution in [3.05, 3.63) is 29.8 Å². The molecule has 0 amide bonds. The quantitative estimate of drug-likeness (QED) is 0.529. The van der Waals surface area contributed by atoms with Gasteiger partial charge in [0.05, 0.1) is 6.07 Å². The fourth-order valence-corrected chi connectivity index (χ4v) is 1.86. The number of nitriles is 1. The molecule has 1 unspecified atom stereocenters. The Kier molecular flexibility index (Phi) is 7.64. The minimum absolute atomic E-state index is 0.375. The standard InChI is InChI=1S/C15H22N2O2/c1-19-9-4-2-3-8-17-14-7-5-6-13(10-14)11-15(18)12-16/h5-7,10,15,17-18H,2-4,8-9,11H2,1H3. The van der Waals surface area contributed by atoms with E-state index in [2.05, 4.69) is 5.32 Å². The van der Waals surface area contributed by atoms with E-state index in [-0.39, 0.29) is 0 Å². The first kappa shape index (κ1) is 15.5. The lowest BCUT2D eigenvalue weighted by Crippen LogP contribution is -2.07. The summed E-state index contributed by atoms with van der Waals surface area (Å²) in [4.78, 5) is 0. The average Bonchev–Trinajstić information content (AvgIpc) is 2.43. The van der Waals surface area contributed by atoms with Crippen molar-refractivity contribution in [1.29, 1.82) is 5.26 Å². The molecule has 0 aromatic heterocycles. The Hall–Kier alpha value is -1.57. The number of nitrogens with one attached hydrogen (secondary N) is 1. The highest BCUT2D eigenvalue weighted by Crippen LogP contribution is 2.12. The van der Waals surface area contributed by atoms with Crippen molar-refractivity contribution in [1.82, 2.24) is 0 Å². The van der Waals surface area contributed by atoms with E-state index in [1.807, 2.05) is 30.3 Å². The van der Waals surface area contributed by atoms with Crippen molar-refractivity contribution >= 4 is 5.69 Å². The Morgan fingerprint density at radius 3 is 2.95 bits per heavy atom. The molecule has 1 aromatic rings. The van der Waals surface area contributed by atoms with Gasteiger partial charge in [0.2, 0.25) is 0 Å². The first-order valence-corrected chi connectivity index (χ1v) is 6.65. The summed E-state index contributed by atoms with van der Waals surface area (Å²) in [5.41, 5.74) is 2.01. The topological polar surface area (TPSA) is 65.3 Å². The summed E-state index contributed by atoms with van der Waals surface area (Å²) in [6.07, 6.45) is 2.79. The SMILES string of the molecule is COCCCCCNc1cccc(CC(O)C#N)c1. The van der Waals surface area contributed by atoms with Crippen LogP contribution in [0.15, 0.2) is 24.3 Å². The Bertz CT molecular complexity index is 401. The molecule has 1 atom stereocenters. The van der Waals surface area contributed by atoms with E-state index in [0.717, 1.165) is 43.7 Å². The van der Waals surface area contributed by atoms with Crippen molar-refractivity contribution in [2.24, 2.45) is 0 Å². The number of methoxy groups -OCH3 is 1. The fraction of sp³-hybridized carbons (Fsp3) is 0.533. The second kappa shape index (κ2) is 9.37. The van der Waals surface area contributed by atoms with E-state index < -0.39 is 6.10 Å². The maximum atomic E-state index is 9.31. The lowest BCUT2D eigenvalue weighted by Gasteiger charge is -2.09. The number of aliphatic hydroxyl groups is 1. The predicted octanol–water partition coefficient (Wildman–Crippen LogP) is 2.34. The van der Waals surface area contributed by atoms with Crippen molar-refractivity contribution in [3.63, 3.8) is 0 Å². The molecule has 1 aromatic carbocycles. The van der Waals surface area contributed by atoms with E-state index in [1.54, 1.807) is 7.11 Å². The summed E-state index contributed by atoms with van der Waals surface area (Å²) >= 11 is 0. The molecule has 0 aliphatic heterocycles. The van der Waals surface area contributed by atoms with Gasteiger partial charge in [0, 0.05) is 32.4 Å². The summed E-state index contributed by atoms with van der Waals surface area (Å²) in [5.74, 6) is 0. The zero-order valence-corrected chi connectivity index (χ0v) is 11.4. The zero-order valence-electron chi connectivity index (χ0n) is 11.4. The van der Waals surface area contributed by atoms with Gasteiger partial charge < -0.3 is 15.2 Å². The zero-order chi connectivity index (χ0) is 13.9. The lowest BCUT2D eigenvalue weighted by atomic mass is 10.1. The Morgan fingerprint density at radius 2 is 2.21 bits per heavy atom. The third-order valence-corrected chi connectivity index (χ3v) is 2.86. The van der Waals surface area contributed by atoms with Gasteiger partial charge in [-0.05, 0) is 37.0 Å². The monoisotopic (exact) mass is 262 g/mol. The van der Waals surface area contributed by atoms with Crippen molar-refractivity contribution in [2.45, 2.75) is 31.8 Å². The molecule has 0 bridgehead atoms. The van der Waals surface area contributed by atoms with E-state index >= 15 is 0 Å². The number of nitrogens with zero attached hydrogens (tertiary/aromatic N) is 1. The van der Waals surface area contributed by atoms with Gasteiger partial charge in [-0.1, -0.05) is 12.1 Å². The predicted molar refractivity (Wildman–Crippen MR) is 76.0 cm³/mol. The Labute approximate surface area is 115 Å². The normalized spacial score (nSPS) is 11.8. The van der Waals surface area contributed by atoms with Gasteiger partial charge in [-0.25, -0.2) is 0 Å². The van der Waals surface area contributed by atoms with Crippen LogP contribution < -0.4 is 5.32 Å². The highest BCUT2D eigenvalue weighted by molar-refractivity contribution is 5.45. The summed E-state index contributed by atoms with van der Waals surface area (Å²) in [7, 11) is 1.72. The van der Waals surface area contributed by atoms with Crippen LogP contribution in [0.3, 0.4) is 0 Å². The van der Waals surface area contributed by atoms with Crippen LogP contribution in [-0.4, -0.2) is 31.5 Å². The second-order valence-corrected chi connectivity index (χ2v) is 4.53. The van der Waals surface area contributed by atoms with E-state index in [4.69, 9.17) is 10.00 Å². The number of unbranched alkanes of at least 4 members (excludes halogenated alkanes) is 2. The Balaban J connectivity index is 2.30. The third kappa shape index (κ3) is 6.80. The molecule has 0 saturated heterocycles. The van der Waals surface area contributed by atoms with E-state index in [1.165, 1.54) is 0 Å². The van der Waals surface area contributed by atoms with Crippen LogP contribution in [0.2, 0.25) is 0 Å². The molecule has 1 rings (SSSR count). The number of rotatable bonds is 9. The highest BCUT2D eigenvalue weighted by Gasteiger charge is 2.03. The first-order chi connectivity index (χ1) is 9.26. The number of ether oxygens (including phenoxy) is 1. The third-order valence-electron chi connectivity index (χ3n) is 2.86. The number of aliphatic hydroxyl groups excluding tert-OH is 1. The van der Waals surface area contributed by atoms with Crippen LogP contribution in [0, 0.1) is 11.3 Å². The van der Waals surface area contributed by atoms with E-state index in [0.29, 0.717) is 6.42 Å². The molecule has 19 heavy (non-hydrogen) atoms. The molecule has 0 aliphatic rings. The molecule has 0 heterocycles. The number of benzene rings is 1. The van der Waals surface area contributed by atoms with E-state index in [9.17, 15) is 5.11 Å². The highest BCUT2D eigenvalue weighted by atomic mass is 16.5. The van der Waals surface area contributed by atoms with Crippen LogP contribution >= 0.6 is 0 Å². The van der Waals surface area contributed by atoms with Crippen LogP contribution in [0.25, 0.3) is 0 Å². The van der Waals surface area contributed by atoms with Gasteiger partial charge in [-0.15, -0.1) is 0 Å². The Morgan fingerprint density at radius 1 is 1.37 bits per heavy atom. The molecule has 2 N–H and O–H groups in total. The second-order valence-electron chi connectivity index (χ2n) is 4.53. The lowest BCUT2D eigenvalue weighted by molar-refractivity contribution is 0.192. The first-order valence-electron chi connectivity index (χ1n) is 6.65. The average molecular weight is 262 g/mol. The number of hydrogen-bond acceptors (Lipinski definition) is 4. The van der Waals surface area contributed by atoms with Crippen molar-refractivity contribution in [3.8, 4) is 6.07 Å². The van der Waals surface area contributed by atoms with Gasteiger partial charge >= 0.3 is 0 Å². The molecule has 0 fully saturated rings. The summed E-state index contributed by atoms with van der Waals surface area (Å²) in [6, 6.07) is 9.67. The van der Waals surface area contributed by atoms with Crippen molar-refractivity contribution in [2.75, 3.05) is 25.6 Å². The number of hydrogen-bond donors (Lipinski definition) is 2.